The van der Waals surface area contributed by atoms with E-state index in [1.165, 1.54) is 38.5 Å². The Morgan fingerprint density at radius 3 is 2.57 bits per heavy atom. The van der Waals surface area contributed by atoms with E-state index in [4.69, 9.17) is 9.47 Å². The number of allylic oxidation sites excluding steroid dienone is 3. The topological polar surface area (TPSA) is 112 Å². The molecule has 0 unspecified atom stereocenters. The highest BCUT2D eigenvalue weighted by Crippen LogP contribution is 2.28. The van der Waals surface area contributed by atoms with Gasteiger partial charge in [0.05, 0.1) is 12.5 Å². The molecule has 2 aliphatic heterocycles. The largest absolute Gasteiger partial charge is 0.457 e. The molecule has 9 nitrogen and oxygen atoms in total. The summed E-state index contributed by atoms with van der Waals surface area (Å²) in [5.41, 5.74) is 0.343. The summed E-state index contributed by atoms with van der Waals surface area (Å²) in [6.45, 7) is 10.6. The molecule has 1 aromatic rings. The standard InChI is InChI=1S/C38H57N3O6/c1-28(33-17-9-10-22-39-33)13-11-14-29(2)36-30(3)18-19-34(38(4,45)21-20-32(42)27-35(43)47-36)46-37(44)41-24-12-23-40(25-26-41)31-15-7-5-6-8-16-31/h9-11,13-14,17-19,22,28,30-32,34,36,42,45H,5-8,12,15-16,20-21,23-27H2,1-4H3/b13-11+,19-18-,29-14+/t28-,30+,32-,34+,36-,38-/m1/s1. The van der Waals surface area contributed by atoms with E-state index >= 15 is 0 Å². The summed E-state index contributed by atoms with van der Waals surface area (Å²) in [4.78, 5) is 35.2. The lowest BCUT2D eigenvalue weighted by molar-refractivity contribution is -0.151. The molecule has 1 aromatic heterocycles. The fraction of sp³-hybridized carbons (Fsp3) is 0.658. The first-order valence-electron chi connectivity index (χ1n) is 17.8. The molecule has 6 atom stereocenters. The predicted molar refractivity (Wildman–Crippen MR) is 184 cm³/mol. The Bertz CT molecular complexity index is 1220. The molecule has 1 aliphatic carbocycles. The van der Waals surface area contributed by atoms with Crippen molar-refractivity contribution in [1.82, 2.24) is 14.8 Å². The lowest BCUT2D eigenvalue weighted by atomic mass is 9.88. The number of esters is 1. The molecule has 0 aromatic carbocycles. The minimum atomic E-state index is -1.45. The molecular weight excluding hydrogens is 594 g/mol. The highest BCUT2D eigenvalue weighted by molar-refractivity contribution is 5.70. The van der Waals surface area contributed by atoms with E-state index in [1.807, 2.05) is 56.4 Å². The first-order chi connectivity index (χ1) is 22.5. The van der Waals surface area contributed by atoms with Crippen LogP contribution in [0.25, 0.3) is 0 Å². The second-order valence-electron chi connectivity index (χ2n) is 14.1. The number of pyridine rings is 1. The van der Waals surface area contributed by atoms with Gasteiger partial charge in [0, 0.05) is 55.9 Å². The van der Waals surface area contributed by atoms with Gasteiger partial charge < -0.3 is 24.6 Å². The molecule has 1 saturated heterocycles. The maximum absolute atomic E-state index is 13.6. The predicted octanol–water partition coefficient (Wildman–Crippen LogP) is 6.32. The van der Waals surface area contributed by atoms with Gasteiger partial charge in [-0.1, -0.05) is 69.9 Å². The molecule has 4 rings (SSSR count). The number of aliphatic hydroxyl groups is 2. The molecule has 1 saturated carbocycles. The Labute approximate surface area is 281 Å². The van der Waals surface area contributed by atoms with E-state index in [1.54, 1.807) is 24.1 Å². The van der Waals surface area contributed by atoms with Gasteiger partial charge in [0.1, 0.15) is 11.7 Å². The molecule has 0 radical (unpaired) electrons. The van der Waals surface area contributed by atoms with E-state index in [-0.39, 0.29) is 31.1 Å². The van der Waals surface area contributed by atoms with Crippen molar-refractivity contribution < 1.29 is 29.3 Å². The second-order valence-corrected chi connectivity index (χ2v) is 14.1. The molecule has 47 heavy (non-hydrogen) atoms. The lowest BCUT2D eigenvalue weighted by Crippen LogP contribution is -2.46. The third kappa shape index (κ3) is 11.3. The van der Waals surface area contributed by atoms with Gasteiger partial charge in [0.15, 0.2) is 6.10 Å². The first-order valence-corrected chi connectivity index (χ1v) is 17.8. The normalized spacial score (nSPS) is 31.1. The van der Waals surface area contributed by atoms with Crippen molar-refractivity contribution in [3.05, 3.63) is 66.0 Å². The van der Waals surface area contributed by atoms with Crippen molar-refractivity contribution in [1.29, 1.82) is 0 Å². The molecule has 260 valence electrons. The van der Waals surface area contributed by atoms with Gasteiger partial charge in [-0.2, -0.15) is 0 Å². The van der Waals surface area contributed by atoms with Crippen LogP contribution in [0.4, 0.5) is 4.79 Å². The van der Waals surface area contributed by atoms with Crippen molar-refractivity contribution in [2.45, 2.75) is 128 Å². The number of carbonyl (C=O) groups is 2. The first kappa shape index (κ1) is 36.8. The van der Waals surface area contributed by atoms with Crippen molar-refractivity contribution in [2.75, 3.05) is 26.2 Å². The van der Waals surface area contributed by atoms with Gasteiger partial charge in [-0.05, 0) is 69.7 Å². The van der Waals surface area contributed by atoms with E-state index < -0.39 is 36.0 Å². The van der Waals surface area contributed by atoms with Crippen LogP contribution < -0.4 is 0 Å². The average molecular weight is 652 g/mol. The summed E-state index contributed by atoms with van der Waals surface area (Å²) >= 11 is 0. The van der Waals surface area contributed by atoms with Gasteiger partial charge in [-0.25, -0.2) is 4.79 Å². The molecule has 2 fully saturated rings. The number of cyclic esters (lactones) is 1. The molecule has 0 bridgehead atoms. The minimum absolute atomic E-state index is 0.105. The summed E-state index contributed by atoms with van der Waals surface area (Å²) in [5.74, 6) is -0.686. The lowest BCUT2D eigenvalue weighted by Gasteiger charge is -2.34. The van der Waals surface area contributed by atoms with Crippen molar-refractivity contribution >= 4 is 12.1 Å². The molecule has 0 spiro atoms. The fourth-order valence-corrected chi connectivity index (χ4v) is 6.95. The highest BCUT2D eigenvalue weighted by Gasteiger charge is 2.37. The van der Waals surface area contributed by atoms with Crippen LogP contribution in [-0.2, 0) is 14.3 Å². The summed E-state index contributed by atoms with van der Waals surface area (Å²) in [5, 5.41) is 22.2. The van der Waals surface area contributed by atoms with E-state index in [0.717, 1.165) is 30.8 Å². The average Bonchev–Trinajstić information content (AvgIpc) is 3.48. The number of carbonyl (C=O) groups excluding carboxylic acids is 2. The second kappa shape index (κ2) is 17.9. The van der Waals surface area contributed by atoms with Crippen LogP contribution >= 0.6 is 0 Å². The Hall–Kier alpha value is -3.01. The number of aliphatic hydroxyl groups excluding tert-OH is 1. The van der Waals surface area contributed by atoms with Crippen LogP contribution in [0.2, 0.25) is 0 Å². The van der Waals surface area contributed by atoms with Crippen LogP contribution in [0, 0.1) is 5.92 Å². The molecule has 2 N–H and O–H groups in total. The van der Waals surface area contributed by atoms with E-state index in [2.05, 4.69) is 16.8 Å². The van der Waals surface area contributed by atoms with Gasteiger partial charge in [0.2, 0.25) is 0 Å². The zero-order valence-electron chi connectivity index (χ0n) is 28.9. The van der Waals surface area contributed by atoms with Crippen LogP contribution in [0.5, 0.6) is 0 Å². The smallest absolute Gasteiger partial charge is 0.410 e. The Kier molecular flexibility index (Phi) is 14.1. The molecule has 3 heterocycles. The third-order valence-electron chi connectivity index (χ3n) is 10.0. The van der Waals surface area contributed by atoms with E-state index in [0.29, 0.717) is 19.1 Å². The van der Waals surface area contributed by atoms with Crippen LogP contribution in [0.15, 0.2) is 60.3 Å². The molecule has 9 heteroatoms. The Balaban J connectivity index is 1.47. The summed E-state index contributed by atoms with van der Waals surface area (Å²) < 4.78 is 12.0. The van der Waals surface area contributed by atoms with Crippen molar-refractivity contribution in [3.8, 4) is 0 Å². The Morgan fingerprint density at radius 1 is 1.09 bits per heavy atom. The zero-order chi connectivity index (χ0) is 33.8. The quantitative estimate of drug-likeness (QED) is 0.159. The third-order valence-corrected chi connectivity index (χ3v) is 10.0. The number of rotatable bonds is 6. The summed E-state index contributed by atoms with van der Waals surface area (Å²) in [6.07, 6.45) is 16.9. The SMILES string of the molecule is C/C(=C\C=C\[C@@H](C)c1ccccn1)[C@H]1OC(=O)C[C@H](O)CC[C@@](C)(O)[C@@H](OC(=O)N2CCCN(C3CCCCCC3)CC2)/C=C\[C@@H]1C. The number of aromatic nitrogens is 1. The number of ether oxygens (including phenoxy) is 2. The minimum Gasteiger partial charge on any atom is -0.457 e. The maximum Gasteiger partial charge on any atom is 0.410 e. The molecule has 1 amide bonds. The van der Waals surface area contributed by atoms with Gasteiger partial charge in [-0.15, -0.1) is 0 Å². The number of hydrogen-bond donors (Lipinski definition) is 2. The molecular formula is C38H57N3O6. The maximum atomic E-state index is 13.6. The summed E-state index contributed by atoms with van der Waals surface area (Å²) in [6, 6.07) is 6.43. The monoisotopic (exact) mass is 651 g/mol. The van der Waals surface area contributed by atoms with E-state index in [9.17, 15) is 19.8 Å². The number of amides is 1. The van der Waals surface area contributed by atoms with Crippen molar-refractivity contribution in [2.24, 2.45) is 5.92 Å². The van der Waals surface area contributed by atoms with Gasteiger partial charge >= 0.3 is 12.1 Å². The zero-order valence-corrected chi connectivity index (χ0v) is 28.9. The van der Waals surface area contributed by atoms with Gasteiger partial charge in [-0.3, -0.25) is 14.7 Å². The van der Waals surface area contributed by atoms with Crippen LogP contribution in [0.3, 0.4) is 0 Å². The molecule has 3 aliphatic rings. The number of hydrogen-bond acceptors (Lipinski definition) is 8. The van der Waals surface area contributed by atoms with Crippen LogP contribution in [-0.4, -0.2) is 93.2 Å². The number of nitrogens with zero attached hydrogens (tertiary/aromatic N) is 3. The van der Waals surface area contributed by atoms with Crippen molar-refractivity contribution in [3.63, 3.8) is 0 Å². The summed E-state index contributed by atoms with van der Waals surface area (Å²) in [7, 11) is 0. The fourth-order valence-electron chi connectivity index (χ4n) is 6.95. The Morgan fingerprint density at radius 2 is 1.85 bits per heavy atom. The van der Waals surface area contributed by atoms with Crippen LogP contribution in [0.1, 0.15) is 104 Å². The van der Waals surface area contributed by atoms with Gasteiger partial charge in [0.25, 0.3) is 0 Å². The highest BCUT2D eigenvalue weighted by atomic mass is 16.6.